The van der Waals surface area contributed by atoms with Gasteiger partial charge in [0.15, 0.2) is 18.1 Å². The first-order valence-electron chi connectivity index (χ1n) is 8.15. The third-order valence-electron chi connectivity index (χ3n) is 4.30. The van der Waals surface area contributed by atoms with E-state index in [1.165, 1.54) is 12.4 Å². The highest BCUT2D eigenvalue weighted by Crippen LogP contribution is 2.30. The Bertz CT molecular complexity index is 985. The van der Waals surface area contributed by atoms with Gasteiger partial charge in [-0.1, -0.05) is 11.6 Å². The van der Waals surface area contributed by atoms with Crippen molar-refractivity contribution in [3.05, 3.63) is 17.4 Å². The predicted molar refractivity (Wildman–Crippen MR) is 92.4 cm³/mol. The normalized spacial score (nSPS) is 16.4. The van der Waals surface area contributed by atoms with Crippen molar-refractivity contribution in [3.63, 3.8) is 0 Å². The first-order valence-corrected chi connectivity index (χ1v) is 8.52. The van der Waals surface area contributed by atoms with E-state index in [9.17, 15) is 13.2 Å². The highest BCUT2D eigenvalue weighted by atomic mass is 35.5. The Labute approximate surface area is 156 Å². The molecule has 0 bridgehead atoms. The van der Waals surface area contributed by atoms with Gasteiger partial charge in [-0.3, -0.25) is 4.40 Å². The van der Waals surface area contributed by atoms with Gasteiger partial charge in [0.1, 0.15) is 11.3 Å². The van der Waals surface area contributed by atoms with Gasteiger partial charge in [0.2, 0.25) is 11.5 Å². The summed E-state index contributed by atoms with van der Waals surface area (Å²) in [5, 5.41) is 8.01. The Balaban J connectivity index is 1.79. The number of hydrogen-bond donors (Lipinski definition) is 0. The Morgan fingerprint density at radius 3 is 2.63 bits per heavy atom. The number of hydrogen-bond acceptors (Lipinski definition) is 7. The quantitative estimate of drug-likeness (QED) is 0.665. The second kappa shape index (κ2) is 6.64. The Morgan fingerprint density at radius 1 is 1.19 bits per heavy atom. The van der Waals surface area contributed by atoms with Crippen molar-refractivity contribution in [2.24, 2.45) is 0 Å². The maximum absolute atomic E-state index is 12.4. The lowest BCUT2D eigenvalue weighted by Gasteiger charge is -2.33. The van der Waals surface area contributed by atoms with Crippen molar-refractivity contribution < 1.29 is 17.9 Å². The van der Waals surface area contributed by atoms with Crippen LogP contribution in [0.25, 0.3) is 16.8 Å². The number of nitrogens with zero attached hydrogens (tertiary/aromatic N) is 7. The summed E-state index contributed by atoms with van der Waals surface area (Å²) in [6.45, 7) is 1.71. The molecule has 1 saturated heterocycles. The highest BCUT2D eigenvalue weighted by Gasteiger charge is 2.29. The summed E-state index contributed by atoms with van der Waals surface area (Å²) >= 11 is 6.05. The lowest BCUT2D eigenvalue weighted by atomic mass is 10.3. The fourth-order valence-corrected chi connectivity index (χ4v) is 3.11. The van der Waals surface area contributed by atoms with E-state index in [0.29, 0.717) is 17.0 Å². The lowest BCUT2D eigenvalue weighted by molar-refractivity contribution is -0.154. The van der Waals surface area contributed by atoms with Gasteiger partial charge in [0.25, 0.3) is 0 Å². The fourth-order valence-electron chi connectivity index (χ4n) is 2.91. The molecule has 0 aromatic carbocycles. The number of rotatable bonds is 3. The van der Waals surface area contributed by atoms with Crippen LogP contribution in [0.4, 0.5) is 19.0 Å². The number of ether oxygens (including phenoxy) is 1. The summed E-state index contributed by atoms with van der Waals surface area (Å²) in [4.78, 5) is 12.9. The predicted octanol–water partition coefficient (Wildman–Crippen LogP) is 2.02. The van der Waals surface area contributed by atoms with Gasteiger partial charge >= 0.3 is 6.18 Å². The number of likely N-dealkylation sites (N-methyl/N-ethyl adjacent to an activating group) is 1. The second-order valence-corrected chi connectivity index (χ2v) is 6.68. The average Bonchev–Trinajstić information content (AvgIpc) is 3.10. The van der Waals surface area contributed by atoms with E-state index in [-0.39, 0.29) is 16.5 Å². The zero-order chi connectivity index (χ0) is 19.2. The summed E-state index contributed by atoms with van der Waals surface area (Å²) in [6.07, 6.45) is -3.00. The van der Waals surface area contributed by atoms with Crippen LogP contribution in [0, 0.1) is 0 Å². The molecule has 8 nitrogen and oxygen atoms in total. The van der Waals surface area contributed by atoms with Gasteiger partial charge in [-0.15, -0.1) is 10.2 Å². The monoisotopic (exact) mass is 401 g/mol. The van der Waals surface area contributed by atoms with Crippen molar-refractivity contribution in [1.82, 2.24) is 29.5 Å². The molecule has 0 unspecified atom stereocenters. The number of pyridine rings is 1. The molecule has 0 atom stereocenters. The van der Waals surface area contributed by atoms with Crippen LogP contribution in [0.2, 0.25) is 5.02 Å². The molecule has 4 rings (SSSR count). The zero-order valence-electron chi connectivity index (χ0n) is 14.2. The van der Waals surface area contributed by atoms with Crippen molar-refractivity contribution in [2.75, 3.05) is 44.7 Å². The number of aromatic nitrogens is 5. The van der Waals surface area contributed by atoms with Crippen LogP contribution >= 0.6 is 11.6 Å². The van der Waals surface area contributed by atoms with Crippen LogP contribution in [0.1, 0.15) is 0 Å². The van der Waals surface area contributed by atoms with E-state index in [2.05, 4.69) is 30.0 Å². The van der Waals surface area contributed by atoms with Crippen molar-refractivity contribution in [2.45, 2.75) is 6.18 Å². The van der Waals surface area contributed by atoms with Crippen LogP contribution in [0.5, 0.6) is 5.88 Å². The third-order valence-corrected chi connectivity index (χ3v) is 4.57. The first-order chi connectivity index (χ1) is 12.8. The van der Waals surface area contributed by atoms with Gasteiger partial charge in [0, 0.05) is 26.2 Å². The Hall–Kier alpha value is -2.40. The number of piperazine rings is 1. The molecule has 1 aliphatic heterocycles. The molecule has 0 N–H and O–H groups in total. The molecular weight excluding hydrogens is 387 g/mol. The number of halogens is 4. The molecule has 0 amide bonds. The van der Waals surface area contributed by atoms with Crippen LogP contribution in [0.3, 0.4) is 0 Å². The molecule has 3 aromatic rings. The smallest absolute Gasteiger partial charge is 0.422 e. The van der Waals surface area contributed by atoms with Gasteiger partial charge in [-0.05, 0) is 13.1 Å². The van der Waals surface area contributed by atoms with Crippen LogP contribution in [-0.2, 0) is 0 Å². The molecule has 27 heavy (non-hydrogen) atoms. The van der Waals surface area contributed by atoms with Gasteiger partial charge in [-0.2, -0.15) is 18.2 Å². The van der Waals surface area contributed by atoms with E-state index in [4.69, 9.17) is 16.3 Å². The average molecular weight is 402 g/mol. The van der Waals surface area contributed by atoms with E-state index in [1.807, 2.05) is 7.05 Å². The molecule has 1 aliphatic rings. The fraction of sp³-hybridized carbons (Fsp3) is 0.467. The molecule has 0 saturated carbocycles. The van der Waals surface area contributed by atoms with E-state index in [1.54, 1.807) is 4.40 Å². The minimum Gasteiger partial charge on any atom is -0.467 e. The summed E-state index contributed by atoms with van der Waals surface area (Å²) in [5.41, 5.74) is 1.23. The maximum Gasteiger partial charge on any atom is 0.422 e. The summed E-state index contributed by atoms with van der Waals surface area (Å²) in [6, 6.07) is 1.45. The molecule has 0 spiro atoms. The maximum atomic E-state index is 12.4. The van der Waals surface area contributed by atoms with Crippen LogP contribution in [-0.4, -0.2) is 75.5 Å². The van der Waals surface area contributed by atoms with E-state index < -0.39 is 12.8 Å². The standard InChI is InChI=1S/C15H15ClF3N7O/c1-24-2-4-25(5-3-24)12-13-23-20-8-26(13)10-6-9(16)14(22-11(10)21-12)27-7-15(17,18)19/h6,8H,2-5,7H2,1H3. The minimum atomic E-state index is -4.49. The number of fused-ring (bicyclic) bond motifs is 3. The van der Waals surface area contributed by atoms with Crippen molar-refractivity contribution in [3.8, 4) is 5.88 Å². The van der Waals surface area contributed by atoms with Crippen molar-refractivity contribution >= 4 is 34.2 Å². The SMILES string of the molecule is CN1CCN(c2nc3nc(OCC(F)(F)F)c(Cl)cc3n3cnnc23)CC1. The number of alkyl halides is 3. The van der Waals surface area contributed by atoms with E-state index in [0.717, 1.165) is 26.2 Å². The van der Waals surface area contributed by atoms with E-state index >= 15 is 0 Å². The first kappa shape index (κ1) is 18.0. The van der Waals surface area contributed by atoms with Gasteiger partial charge in [-0.25, -0.2) is 4.98 Å². The Kier molecular flexibility index (Phi) is 4.42. The highest BCUT2D eigenvalue weighted by molar-refractivity contribution is 6.32. The molecule has 0 radical (unpaired) electrons. The lowest BCUT2D eigenvalue weighted by Crippen LogP contribution is -2.45. The Morgan fingerprint density at radius 2 is 1.93 bits per heavy atom. The molecule has 4 heterocycles. The molecule has 1 fully saturated rings. The zero-order valence-corrected chi connectivity index (χ0v) is 15.0. The largest absolute Gasteiger partial charge is 0.467 e. The minimum absolute atomic E-state index is 0.0455. The van der Waals surface area contributed by atoms with Gasteiger partial charge in [0.05, 0.1) is 5.52 Å². The third kappa shape index (κ3) is 3.56. The summed E-state index contributed by atoms with van der Waals surface area (Å²) in [7, 11) is 2.03. The molecule has 12 heteroatoms. The molecular formula is C15H15ClF3N7O. The number of anilines is 1. The second-order valence-electron chi connectivity index (χ2n) is 6.27. The van der Waals surface area contributed by atoms with Gasteiger partial charge < -0.3 is 14.5 Å². The molecule has 144 valence electrons. The van der Waals surface area contributed by atoms with Crippen LogP contribution < -0.4 is 9.64 Å². The van der Waals surface area contributed by atoms with Crippen molar-refractivity contribution in [1.29, 1.82) is 0 Å². The summed E-state index contributed by atoms with van der Waals surface area (Å²) in [5.74, 6) is 0.260. The topological polar surface area (TPSA) is 71.7 Å². The molecule has 3 aromatic heterocycles. The molecule has 0 aliphatic carbocycles. The van der Waals surface area contributed by atoms with Crippen LogP contribution in [0.15, 0.2) is 12.4 Å². The summed E-state index contributed by atoms with van der Waals surface area (Å²) < 4.78 is 43.8.